The van der Waals surface area contributed by atoms with E-state index in [9.17, 15) is 9.59 Å². The average molecular weight is 287 g/mol. The topological polar surface area (TPSA) is 62.3 Å². The lowest BCUT2D eigenvalue weighted by Crippen LogP contribution is -2.49. The van der Waals surface area contributed by atoms with Crippen molar-refractivity contribution in [2.75, 3.05) is 7.05 Å². The van der Waals surface area contributed by atoms with Crippen molar-refractivity contribution in [1.82, 2.24) is 15.2 Å². The second-order valence-electron chi connectivity index (χ2n) is 6.17. The summed E-state index contributed by atoms with van der Waals surface area (Å²) in [5.74, 6) is 0.202. The van der Waals surface area contributed by atoms with Crippen LogP contribution in [0, 0.1) is 0 Å². The number of carbonyl (C=O) groups excluding carboxylic acids is 2. The van der Waals surface area contributed by atoms with Crippen molar-refractivity contribution < 1.29 is 9.59 Å². The van der Waals surface area contributed by atoms with Gasteiger partial charge in [0.1, 0.15) is 0 Å². The Morgan fingerprint density at radius 2 is 2.14 bits per heavy atom. The minimum atomic E-state index is -0.0556. The molecule has 3 rings (SSSR count). The SMILES string of the molecule is CN1C(=O)CCC12CCC(NC(=O)c1cccnc1)CC2. The molecule has 5 nitrogen and oxygen atoms in total. The van der Waals surface area contributed by atoms with E-state index in [0.717, 1.165) is 32.1 Å². The minimum absolute atomic E-state index is 0.0482. The summed E-state index contributed by atoms with van der Waals surface area (Å²) in [5, 5.41) is 3.09. The van der Waals surface area contributed by atoms with Gasteiger partial charge in [-0.3, -0.25) is 14.6 Å². The maximum atomic E-state index is 12.1. The van der Waals surface area contributed by atoms with Gasteiger partial charge in [-0.2, -0.15) is 0 Å². The van der Waals surface area contributed by atoms with Crippen LogP contribution in [0.3, 0.4) is 0 Å². The molecule has 1 aliphatic heterocycles. The molecule has 0 aromatic carbocycles. The number of nitrogens with one attached hydrogen (secondary N) is 1. The van der Waals surface area contributed by atoms with Crippen molar-refractivity contribution in [2.45, 2.75) is 50.1 Å². The maximum absolute atomic E-state index is 12.1. The summed E-state index contributed by atoms with van der Waals surface area (Å²) in [6.45, 7) is 0. The maximum Gasteiger partial charge on any atom is 0.253 e. The van der Waals surface area contributed by atoms with E-state index in [1.807, 2.05) is 11.9 Å². The van der Waals surface area contributed by atoms with Crippen molar-refractivity contribution in [1.29, 1.82) is 0 Å². The molecule has 1 N–H and O–H groups in total. The number of nitrogens with zero attached hydrogens (tertiary/aromatic N) is 2. The molecule has 21 heavy (non-hydrogen) atoms. The van der Waals surface area contributed by atoms with E-state index in [2.05, 4.69) is 10.3 Å². The van der Waals surface area contributed by atoms with Gasteiger partial charge in [0.15, 0.2) is 0 Å². The Hall–Kier alpha value is -1.91. The molecule has 112 valence electrons. The van der Waals surface area contributed by atoms with Crippen LogP contribution in [0.15, 0.2) is 24.5 Å². The molecule has 1 aromatic rings. The van der Waals surface area contributed by atoms with Crippen LogP contribution in [0.4, 0.5) is 0 Å². The smallest absolute Gasteiger partial charge is 0.253 e. The molecule has 1 saturated heterocycles. The summed E-state index contributed by atoms with van der Waals surface area (Å²) in [5.41, 5.74) is 0.651. The zero-order chi connectivity index (χ0) is 14.9. The fraction of sp³-hybridized carbons (Fsp3) is 0.562. The molecule has 5 heteroatoms. The van der Waals surface area contributed by atoms with E-state index in [1.54, 1.807) is 24.5 Å². The monoisotopic (exact) mass is 287 g/mol. The quantitative estimate of drug-likeness (QED) is 0.901. The molecule has 1 saturated carbocycles. The molecule has 0 unspecified atom stereocenters. The lowest BCUT2D eigenvalue weighted by molar-refractivity contribution is -0.130. The minimum Gasteiger partial charge on any atom is -0.349 e. The van der Waals surface area contributed by atoms with Gasteiger partial charge in [0.05, 0.1) is 5.56 Å². The number of rotatable bonds is 2. The van der Waals surface area contributed by atoms with Crippen LogP contribution >= 0.6 is 0 Å². The van der Waals surface area contributed by atoms with Crippen molar-refractivity contribution in [3.8, 4) is 0 Å². The molecule has 0 atom stereocenters. The first-order chi connectivity index (χ1) is 10.1. The molecule has 0 radical (unpaired) electrons. The van der Waals surface area contributed by atoms with Gasteiger partial charge in [-0.15, -0.1) is 0 Å². The summed E-state index contributed by atoms with van der Waals surface area (Å²) >= 11 is 0. The fourth-order valence-electron chi connectivity index (χ4n) is 3.59. The van der Waals surface area contributed by atoms with Gasteiger partial charge in [-0.05, 0) is 44.2 Å². The van der Waals surface area contributed by atoms with E-state index in [-0.39, 0.29) is 23.4 Å². The molecule has 2 fully saturated rings. The number of hydrogen-bond donors (Lipinski definition) is 1. The van der Waals surface area contributed by atoms with Crippen molar-refractivity contribution in [3.05, 3.63) is 30.1 Å². The Labute approximate surface area is 124 Å². The van der Waals surface area contributed by atoms with Gasteiger partial charge in [-0.25, -0.2) is 0 Å². The summed E-state index contributed by atoms with van der Waals surface area (Å²) < 4.78 is 0. The molecule has 2 amide bonds. The van der Waals surface area contributed by atoms with E-state index >= 15 is 0 Å². The molecule has 1 aromatic heterocycles. The molecule has 0 bridgehead atoms. The van der Waals surface area contributed by atoms with Crippen LogP contribution in [0.2, 0.25) is 0 Å². The zero-order valence-electron chi connectivity index (χ0n) is 12.3. The normalized spacial score (nSPS) is 28.9. The first-order valence-electron chi connectivity index (χ1n) is 7.58. The van der Waals surface area contributed by atoms with Crippen LogP contribution in [0.1, 0.15) is 48.9 Å². The number of amides is 2. The van der Waals surface area contributed by atoms with Crippen LogP contribution < -0.4 is 5.32 Å². The molecule has 2 aliphatic rings. The van der Waals surface area contributed by atoms with Crippen molar-refractivity contribution in [3.63, 3.8) is 0 Å². The molecule has 1 spiro atoms. The van der Waals surface area contributed by atoms with E-state index in [0.29, 0.717) is 12.0 Å². The summed E-state index contributed by atoms with van der Waals surface area (Å²) in [7, 11) is 1.92. The molecular formula is C16H21N3O2. The van der Waals surface area contributed by atoms with Crippen LogP contribution in [0.5, 0.6) is 0 Å². The summed E-state index contributed by atoms with van der Waals surface area (Å²) in [4.78, 5) is 29.8. The Kier molecular flexibility index (Phi) is 3.66. The predicted octanol–water partition coefficient (Wildman–Crippen LogP) is 1.74. The highest BCUT2D eigenvalue weighted by Crippen LogP contribution is 2.41. The molecular weight excluding hydrogens is 266 g/mol. The van der Waals surface area contributed by atoms with Gasteiger partial charge in [0, 0.05) is 37.4 Å². The Bertz CT molecular complexity index is 536. The molecule has 2 heterocycles. The Balaban J connectivity index is 1.57. The van der Waals surface area contributed by atoms with Crippen LogP contribution in [0.25, 0.3) is 0 Å². The zero-order valence-corrected chi connectivity index (χ0v) is 12.3. The fourth-order valence-corrected chi connectivity index (χ4v) is 3.59. The second-order valence-corrected chi connectivity index (χ2v) is 6.17. The Morgan fingerprint density at radius 3 is 2.71 bits per heavy atom. The standard InChI is InChI=1S/C16H21N3O2/c1-19-14(20)6-9-16(19)7-4-13(5-8-16)18-15(21)12-3-2-10-17-11-12/h2-3,10-11,13H,4-9H2,1H3,(H,18,21). The van der Waals surface area contributed by atoms with Gasteiger partial charge in [0.2, 0.25) is 5.91 Å². The van der Waals surface area contributed by atoms with Crippen LogP contribution in [-0.4, -0.2) is 40.3 Å². The lowest BCUT2D eigenvalue weighted by atomic mass is 9.78. The third kappa shape index (κ3) is 2.64. The predicted molar refractivity (Wildman–Crippen MR) is 78.7 cm³/mol. The number of likely N-dealkylation sites (tertiary alicyclic amines) is 1. The lowest BCUT2D eigenvalue weighted by Gasteiger charge is -2.42. The Morgan fingerprint density at radius 1 is 1.38 bits per heavy atom. The number of carbonyl (C=O) groups is 2. The third-order valence-electron chi connectivity index (χ3n) is 5.07. The number of pyridine rings is 1. The van der Waals surface area contributed by atoms with Gasteiger partial charge in [0.25, 0.3) is 5.91 Å². The first-order valence-corrected chi connectivity index (χ1v) is 7.58. The molecule has 1 aliphatic carbocycles. The highest BCUT2D eigenvalue weighted by atomic mass is 16.2. The second kappa shape index (κ2) is 5.47. The van der Waals surface area contributed by atoms with E-state index in [1.165, 1.54) is 0 Å². The summed E-state index contributed by atoms with van der Waals surface area (Å²) in [6.07, 6.45) is 8.71. The van der Waals surface area contributed by atoms with E-state index < -0.39 is 0 Å². The highest BCUT2D eigenvalue weighted by molar-refractivity contribution is 5.94. The average Bonchev–Trinajstić information content (AvgIpc) is 2.79. The number of aromatic nitrogens is 1. The van der Waals surface area contributed by atoms with E-state index in [4.69, 9.17) is 0 Å². The van der Waals surface area contributed by atoms with Crippen molar-refractivity contribution >= 4 is 11.8 Å². The third-order valence-corrected chi connectivity index (χ3v) is 5.07. The van der Waals surface area contributed by atoms with Gasteiger partial charge < -0.3 is 10.2 Å². The number of hydrogen-bond acceptors (Lipinski definition) is 3. The largest absolute Gasteiger partial charge is 0.349 e. The summed E-state index contributed by atoms with van der Waals surface area (Å²) in [6, 6.07) is 3.74. The highest BCUT2D eigenvalue weighted by Gasteiger charge is 2.45. The van der Waals surface area contributed by atoms with Crippen molar-refractivity contribution in [2.24, 2.45) is 0 Å². The van der Waals surface area contributed by atoms with Gasteiger partial charge >= 0.3 is 0 Å². The van der Waals surface area contributed by atoms with Crippen LogP contribution in [-0.2, 0) is 4.79 Å². The first kappa shape index (κ1) is 14.0. The van der Waals surface area contributed by atoms with Gasteiger partial charge in [-0.1, -0.05) is 0 Å².